The van der Waals surface area contributed by atoms with Crippen molar-refractivity contribution in [3.05, 3.63) is 152 Å². The minimum absolute atomic E-state index is 0.565. The van der Waals surface area contributed by atoms with Gasteiger partial charge in [0.25, 0.3) is 0 Å². The Kier molecular flexibility index (Phi) is 6.08. The summed E-state index contributed by atoms with van der Waals surface area (Å²) in [4.78, 5) is 15.4. The predicted octanol–water partition coefficient (Wildman–Crippen LogP) is 10.1. The first-order chi connectivity index (χ1) is 21.3. The molecule has 8 aromatic rings. The van der Waals surface area contributed by atoms with Crippen LogP contribution in [0.1, 0.15) is 0 Å². The highest BCUT2D eigenvalue weighted by atomic mass is 16.3. The maximum Gasteiger partial charge on any atom is 0.168 e. The smallest absolute Gasteiger partial charge is 0.168 e. The van der Waals surface area contributed by atoms with Crippen LogP contribution in [-0.2, 0) is 0 Å². The molecule has 0 aliphatic rings. The Hall–Kier alpha value is -5.87. The molecule has 0 bridgehead atoms. The molecule has 4 heteroatoms. The van der Waals surface area contributed by atoms with Gasteiger partial charge in [-0.2, -0.15) is 0 Å². The van der Waals surface area contributed by atoms with E-state index in [4.69, 9.17) is 19.4 Å². The summed E-state index contributed by atoms with van der Waals surface area (Å²) in [5.41, 5.74) is 8.52. The quantitative estimate of drug-likeness (QED) is 0.214. The number of furan rings is 1. The number of benzene rings is 6. The monoisotopic (exact) mass is 551 g/mol. The van der Waals surface area contributed by atoms with E-state index in [1.165, 1.54) is 0 Å². The zero-order valence-corrected chi connectivity index (χ0v) is 23.2. The van der Waals surface area contributed by atoms with Crippen LogP contribution in [0.4, 0.5) is 0 Å². The van der Waals surface area contributed by atoms with Gasteiger partial charge in [0.15, 0.2) is 17.5 Å². The third-order valence-electron chi connectivity index (χ3n) is 7.78. The molecule has 0 aliphatic heterocycles. The van der Waals surface area contributed by atoms with Gasteiger partial charge in [-0.3, -0.25) is 0 Å². The Morgan fingerprint density at radius 2 is 0.884 bits per heavy atom. The van der Waals surface area contributed by atoms with Crippen molar-refractivity contribution in [1.29, 1.82) is 0 Å². The molecule has 0 amide bonds. The van der Waals surface area contributed by atoms with E-state index in [0.29, 0.717) is 17.5 Å². The molecule has 0 saturated carbocycles. The fraction of sp³-hybridized carbons (Fsp3) is 0. The van der Waals surface area contributed by atoms with Crippen molar-refractivity contribution >= 4 is 21.9 Å². The molecule has 43 heavy (non-hydrogen) atoms. The summed E-state index contributed by atoms with van der Waals surface area (Å²) in [6.45, 7) is 0. The summed E-state index contributed by atoms with van der Waals surface area (Å²) >= 11 is 0. The van der Waals surface area contributed by atoms with Crippen LogP contribution in [0.2, 0.25) is 0 Å². The van der Waals surface area contributed by atoms with Gasteiger partial charge >= 0.3 is 0 Å². The molecule has 0 atom stereocenters. The summed E-state index contributed by atoms with van der Waals surface area (Å²) in [7, 11) is 0. The average molecular weight is 552 g/mol. The Morgan fingerprint density at radius 3 is 1.60 bits per heavy atom. The van der Waals surface area contributed by atoms with E-state index in [9.17, 15) is 0 Å². The van der Waals surface area contributed by atoms with E-state index in [1.807, 2.05) is 78.9 Å². The lowest BCUT2D eigenvalue weighted by molar-refractivity contribution is 0.669. The summed E-state index contributed by atoms with van der Waals surface area (Å²) in [6.07, 6.45) is 0. The topological polar surface area (TPSA) is 51.8 Å². The molecule has 0 aliphatic carbocycles. The zero-order valence-electron chi connectivity index (χ0n) is 23.2. The molecule has 2 aromatic heterocycles. The van der Waals surface area contributed by atoms with Crippen LogP contribution in [0.15, 0.2) is 156 Å². The molecule has 6 aromatic carbocycles. The van der Waals surface area contributed by atoms with Gasteiger partial charge in [0.2, 0.25) is 0 Å². The van der Waals surface area contributed by atoms with E-state index >= 15 is 0 Å². The Bertz CT molecular complexity index is 2220. The van der Waals surface area contributed by atoms with Crippen LogP contribution in [-0.4, -0.2) is 15.0 Å². The maximum atomic E-state index is 6.58. The standard InChI is InChI=1S/C39H25N3O/c1-4-14-26(15-5-1)29-20-10-11-22-33(29)38-40-37(28-18-8-3-9-19-28)41-39(42-38)35-30(27-16-6-2-7-17-27)24-25-32-31-21-12-13-23-34(31)43-36(32)35/h1-25H. The fourth-order valence-electron chi connectivity index (χ4n) is 5.74. The normalized spacial score (nSPS) is 11.3. The second-order valence-electron chi connectivity index (χ2n) is 10.4. The zero-order chi connectivity index (χ0) is 28.6. The Morgan fingerprint density at radius 1 is 0.349 bits per heavy atom. The molecule has 0 N–H and O–H groups in total. The predicted molar refractivity (Wildman–Crippen MR) is 174 cm³/mol. The van der Waals surface area contributed by atoms with Gasteiger partial charge in [-0.1, -0.05) is 140 Å². The third-order valence-corrected chi connectivity index (χ3v) is 7.78. The first kappa shape index (κ1) is 24.9. The van der Waals surface area contributed by atoms with Crippen LogP contribution in [0, 0.1) is 0 Å². The molecular formula is C39H25N3O. The Labute approximate surface area is 249 Å². The van der Waals surface area contributed by atoms with E-state index in [-0.39, 0.29) is 0 Å². The third kappa shape index (κ3) is 4.46. The van der Waals surface area contributed by atoms with E-state index < -0.39 is 0 Å². The Balaban J connectivity index is 1.46. The van der Waals surface area contributed by atoms with Crippen molar-refractivity contribution in [1.82, 2.24) is 15.0 Å². The van der Waals surface area contributed by atoms with Crippen molar-refractivity contribution in [3.8, 4) is 56.4 Å². The van der Waals surface area contributed by atoms with Gasteiger partial charge < -0.3 is 4.42 Å². The number of hydrogen-bond acceptors (Lipinski definition) is 4. The molecule has 0 fully saturated rings. The second-order valence-corrected chi connectivity index (χ2v) is 10.4. The van der Waals surface area contributed by atoms with Crippen LogP contribution in [0.3, 0.4) is 0 Å². The number of fused-ring (bicyclic) bond motifs is 3. The van der Waals surface area contributed by atoms with Gasteiger partial charge in [0.05, 0.1) is 5.56 Å². The number of para-hydroxylation sites is 1. The van der Waals surface area contributed by atoms with Gasteiger partial charge in [0, 0.05) is 21.9 Å². The molecule has 4 nitrogen and oxygen atoms in total. The summed E-state index contributed by atoms with van der Waals surface area (Å²) in [6, 6.07) is 51.5. The van der Waals surface area contributed by atoms with E-state index in [1.54, 1.807) is 0 Å². The van der Waals surface area contributed by atoms with Crippen LogP contribution in [0.25, 0.3) is 78.4 Å². The molecule has 0 unspecified atom stereocenters. The molecule has 2 heterocycles. The fourth-order valence-corrected chi connectivity index (χ4v) is 5.74. The maximum absolute atomic E-state index is 6.58. The molecule has 202 valence electrons. The number of nitrogens with zero attached hydrogens (tertiary/aromatic N) is 3. The number of aromatic nitrogens is 3. The lowest BCUT2D eigenvalue weighted by atomic mass is 9.96. The molecule has 0 saturated heterocycles. The molecule has 0 spiro atoms. The molecular weight excluding hydrogens is 526 g/mol. The summed E-state index contributed by atoms with van der Waals surface area (Å²) < 4.78 is 6.58. The van der Waals surface area contributed by atoms with Gasteiger partial charge in [-0.15, -0.1) is 0 Å². The van der Waals surface area contributed by atoms with Crippen molar-refractivity contribution in [2.24, 2.45) is 0 Å². The van der Waals surface area contributed by atoms with Gasteiger partial charge in [-0.05, 0) is 34.4 Å². The lowest BCUT2D eigenvalue weighted by Crippen LogP contribution is -2.02. The highest BCUT2D eigenvalue weighted by molar-refractivity contribution is 6.12. The van der Waals surface area contributed by atoms with Gasteiger partial charge in [-0.25, -0.2) is 15.0 Å². The largest absolute Gasteiger partial charge is 0.455 e. The van der Waals surface area contributed by atoms with Crippen molar-refractivity contribution in [2.75, 3.05) is 0 Å². The molecule has 0 radical (unpaired) electrons. The summed E-state index contributed by atoms with van der Waals surface area (Å²) in [5.74, 6) is 1.78. The molecule has 8 rings (SSSR count). The number of rotatable bonds is 5. The first-order valence-corrected chi connectivity index (χ1v) is 14.3. The highest BCUT2D eigenvalue weighted by Gasteiger charge is 2.22. The van der Waals surface area contributed by atoms with Gasteiger partial charge in [0.1, 0.15) is 11.2 Å². The van der Waals surface area contributed by atoms with Crippen molar-refractivity contribution < 1.29 is 4.42 Å². The van der Waals surface area contributed by atoms with Crippen molar-refractivity contribution in [2.45, 2.75) is 0 Å². The SMILES string of the molecule is c1ccc(-c2nc(-c3ccccc3-c3ccccc3)nc(-c3c(-c4ccccc4)ccc4c3oc3ccccc34)n2)cc1. The minimum Gasteiger partial charge on any atom is -0.455 e. The summed E-state index contributed by atoms with van der Waals surface area (Å²) in [5, 5.41) is 2.09. The van der Waals surface area contributed by atoms with Crippen LogP contribution in [0.5, 0.6) is 0 Å². The van der Waals surface area contributed by atoms with Crippen molar-refractivity contribution in [3.63, 3.8) is 0 Å². The average Bonchev–Trinajstić information content (AvgIpc) is 3.47. The van der Waals surface area contributed by atoms with Crippen LogP contribution < -0.4 is 0 Å². The number of hydrogen-bond donors (Lipinski definition) is 0. The first-order valence-electron chi connectivity index (χ1n) is 14.3. The van der Waals surface area contributed by atoms with E-state index in [2.05, 4.69) is 72.8 Å². The lowest BCUT2D eigenvalue weighted by Gasteiger charge is -2.14. The minimum atomic E-state index is 0.565. The second kappa shape index (κ2) is 10.5. The highest BCUT2D eigenvalue weighted by Crippen LogP contribution is 2.42. The van der Waals surface area contributed by atoms with E-state index in [0.717, 1.165) is 60.9 Å². The van der Waals surface area contributed by atoms with Crippen LogP contribution >= 0.6 is 0 Å².